The van der Waals surface area contributed by atoms with Crippen LogP contribution >= 0.6 is 0 Å². The van der Waals surface area contributed by atoms with Crippen molar-refractivity contribution in [3.63, 3.8) is 0 Å². The van der Waals surface area contributed by atoms with Crippen molar-refractivity contribution >= 4 is 11.6 Å². The van der Waals surface area contributed by atoms with Crippen LogP contribution in [0, 0.1) is 11.3 Å². The van der Waals surface area contributed by atoms with Gasteiger partial charge in [0.2, 0.25) is 0 Å². The molecule has 1 heterocycles. The fraction of sp³-hybridized carbons (Fsp3) is 0. The van der Waals surface area contributed by atoms with Crippen molar-refractivity contribution in [1.82, 2.24) is 4.98 Å². The maximum absolute atomic E-state index is 12.4. The van der Waals surface area contributed by atoms with Crippen LogP contribution in [0.2, 0.25) is 0 Å². The number of carbonyl (C=O) groups is 1. The number of para-hydroxylation sites is 1. The molecule has 0 atom stereocenters. The Labute approximate surface area is 126 Å². The van der Waals surface area contributed by atoms with Crippen molar-refractivity contribution in [3.05, 3.63) is 72.2 Å². The van der Waals surface area contributed by atoms with Crippen LogP contribution in [0.3, 0.4) is 0 Å². The quantitative estimate of drug-likeness (QED) is 0.800. The van der Waals surface area contributed by atoms with E-state index in [4.69, 9.17) is 9.68 Å². The van der Waals surface area contributed by atoms with Gasteiger partial charge in [0, 0.05) is 5.56 Å². The summed E-state index contributed by atoms with van der Waals surface area (Å²) in [6.07, 6.45) is 1.23. The molecular weight excluding hydrogens is 278 g/mol. The Morgan fingerprint density at radius 3 is 2.59 bits per heavy atom. The number of rotatable bonds is 3. The highest BCUT2D eigenvalue weighted by molar-refractivity contribution is 6.06. The van der Waals surface area contributed by atoms with Gasteiger partial charge in [0.25, 0.3) is 5.91 Å². The number of nitrogens with one attached hydrogen (secondary N) is 1. The van der Waals surface area contributed by atoms with Crippen LogP contribution in [0.4, 0.5) is 5.69 Å². The number of amides is 1. The molecule has 3 aromatic rings. The maximum Gasteiger partial charge on any atom is 0.278 e. The summed E-state index contributed by atoms with van der Waals surface area (Å²) in [7, 11) is 0. The largest absolute Gasteiger partial charge is 0.443 e. The molecule has 0 aliphatic heterocycles. The lowest BCUT2D eigenvalue weighted by Gasteiger charge is -2.06. The molecule has 2 aromatic carbocycles. The Kier molecular flexibility index (Phi) is 3.67. The Hall–Kier alpha value is -3.39. The average Bonchev–Trinajstić information content (AvgIpc) is 3.06. The summed E-state index contributed by atoms with van der Waals surface area (Å²) >= 11 is 0. The van der Waals surface area contributed by atoms with Gasteiger partial charge in [-0.2, -0.15) is 5.26 Å². The number of benzene rings is 2. The van der Waals surface area contributed by atoms with E-state index in [-0.39, 0.29) is 5.69 Å². The molecule has 0 saturated heterocycles. The summed E-state index contributed by atoms with van der Waals surface area (Å²) in [6.45, 7) is 0. The van der Waals surface area contributed by atoms with Crippen molar-refractivity contribution in [3.8, 4) is 17.4 Å². The highest BCUT2D eigenvalue weighted by atomic mass is 16.3. The van der Waals surface area contributed by atoms with Gasteiger partial charge in [0.15, 0.2) is 17.8 Å². The van der Waals surface area contributed by atoms with Crippen LogP contribution in [-0.4, -0.2) is 10.9 Å². The predicted molar refractivity (Wildman–Crippen MR) is 81.0 cm³/mol. The van der Waals surface area contributed by atoms with Crippen molar-refractivity contribution in [2.45, 2.75) is 0 Å². The van der Waals surface area contributed by atoms with E-state index in [2.05, 4.69) is 10.3 Å². The van der Waals surface area contributed by atoms with Gasteiger partial charge in [-0.3, -0.25) is 4.79 Å². The maximum atomic E-state index is 12.4. The van der Waals surface area contributed by atoms with Gasteiger partial charge >= 0.3 is 0 Å². The zero-order chi connectivity index (χ0) is 15.4. The molecule has 1 N–H and O–H groups in total. The number of aromatic nitrogens is 1. The van der Waals surface area contributed by atoms with Crippen LogP contribution in [0.5, 0.6) is 0 Å². The standard InChI is InChI=1S/C17H11N3O2/c18-10-13-8-4-5-9-14(13)20-17(21)15-16(22-11-19-15)12-6-2-1-3-7-12/h1-9,11H,(H,20,21). The number of nitriles is 1. The molecule has 0 aliphatic carbocycles. The number of anilines is 1. The van der Waals surface area contributed by atoms with E-state index in [9.17, 15) is 4.79 Å². The van der Waals surface area contributed by atoms with Crippen LogP contribution in [0.25, 0.3) is 11.3 Å². The molecule has 0 spiro atoms. The van der Waals surface area contributed by atoms with Gasteiger partial charge in [-0.15, -0.1) is 0 Å². The van der Waals surface area contributed by atoms with E-state index in [1.54, 1.807) is 24.3 Å². The minimum absolute atomic E-state index is 0.180. The van der Waals surface area contributed by atoms with E-state index in [0.717, 1.165) is 5.56 Å². The van der Waals surface area contributed by atoms with Gasteiger partial charge in [-0.05, 0) is 12.1 Å². The third kappa shape index (κ3) is 2.58. The Morgan fingerprint density at radius 1 is 1.09 bits per heavy atom. The van der Waals surface area contributed by atoms with E-state index in [1.807, 2.05) is 36.4 Å². The van der Waals surface area contributed by atoms with E-state index >= 15 is 0 Å². The number of hydrogen-bond acceptors (Lipinski definition) is 4. The van der Waals surface area contributed by atoms with Crippen LogP contribution in [0.15, 0.2) is 65.4 Å². The minimum atomic E-state index is -0.421. The Morgan fingerprint density at radius 2 is 1.82 bits per heavy atom. The number of oxazole rings is 1. The Bertz CT molecular complexity index is 848. The van der Waals surface area contributed by atoms with Crippen molar-refractivity contribution < 1.29 is 9.21 Å². The summed E-state index contributed by atoms with van der Waals surface area (Å²) in [6, 6.07) is 18.1. The molecular formula is C17H11N3O2. The third-order valence-corrected chi connectivity index (χ3v) is 3.11. The van der Waals surface area contributed by atoms with E-state index in [1.165, 1.54) is 6.39 Å². The van der Waals surface area contributed by atoms with Crippen molar-refractivity contribution in [2.24, 2.45) is 0 Å². The number of nitrogens with zero attached hydrogens (tertiary/aromatic N) is 2. The Balaban J connectivity index is 1.92. The van der Waals surface area contributed by atoms with Crippen LogP contribution < -0.4 is 5.32 Å². The van der Waals surface area contributed by atoms with Crippen molar-refractivity contribution in [2.75, 3.05) is 5.32 Å². The van der Waals surface area contributed by atoms with Crippen LogP contribution in [0.1, 0.15) is 16.1 Å². The first-order valence-electron chi connectivity index (χ1n) is 6.59. The molecule has 0 aliphatic rings. The van der Waals surface area contributed by atoms with Crippen LogP contribution in [-0.2, 0) is 0 Å². The first-order chi connectivity index (χ1) is 10.8. The molecule has 3 rings (SSSR count). The second kappa shape index (κ2) is 5.94. The molecule has 0 radical (unpaired) electrons. The molecule has 0 saturated carbocycles. The van der Waals surface area contributed by atoms with E-state index in [0.29, 0.717) is 17.0 Å². The zero-order valence-corrected chi connectivity index (χ0v) is 11.5. The second-order valence-corrected chi connectivity index (χ2v) is 4.51. The fourth-order valence-electron chi connectivity index (χ4n) is 2.07. The van der Waals surface area contributed by atoms with Gasteiger partial charge < -0.3 is 9.73 Å². The smallest absolute Gasteiger partial charge is 0.278 e. The third-order valence-electron chi connectivity index (χ3n) is 3.11. The molecule has 1 amide bonds. The lowest BCUT2D eigenvalue weighted by atomic mass is 10.1. The molecule has 22 heavy (non-hydrogen) atoms. The summed E-state index contributed by atoms with van der Waals surface area (Å²) in [5.41, 5.74) is 1.77. The zero-order valence-electron chi connectivity index (χ0n) is 11.5. The first-order valence-corrected chi connectivity index (χ1v) is 6.59. The molecule has 106 valence electrons. The fourth-order valence-corrected chi connectivity index (χ4v) is 2.07. The van der Waals surface area contributed by atoms with Crippen molar-refractivity contribution in [1.29, 1.82) is 5.26 Å². The van der Waals surface area contributed by atoms with Gasteiger partial charge in [0.05, 0.1) is 11.3 Å². The van der Waals surface area contributed by atoms with Gasteiger partial charge in [-0.25, -0.2) is 4.98 Å². The molecule has 5 heteroatoms. The normalized spacial score (nSPS) is 9.95. The molecule has 0 bridgehead atoms. The molecule has 0 fully saturated rings. The summed E-state index contributed by atoms with van der Waals surface area (Å²) in [5, 5.41) is 11.7. The molecule has 1 aromatic heterocycles. The van der Waals surface area contributed by atoms with E-state index < -0.39 is 5.91 Å². The number of hydrogen-bond donors (Lipinski definition) is 1. The SMILES string of the molecule is N#Cc1ccccc1NC(=O)c1ncoc1-c1ccccc1. The summed E-state index contributed by atoms with van der Waals surface area (Å²) in [4.78, 5) is 16.4. The first kappa shape index (κ1) is 13.6. The van der Waals surface area contributed by atoms with Gasteiger partial charge in [0.1, 0.15) is 6.07 Å². The number of carbonyl (C=O) groups excluding carboxylic acids is 1. The van der Waals surface area contributed by atoms with Gasteiger partial charge in [-0.1, -0.05) is 42.5 Å². The lowest BCUT2D eigenvalue weighted by molar-refractivity contribution is 0.102. The average molecular weight is 289 g/mol. The second-order valence-electron chi connectivity index (χ2n) is 4.51. The highest BCUT2D eigenvalue weighted by Gasteiger charge is 2.19. The summed E-state index contributed by atoms with van der Waals surface area (Å²) < 4.78 is 5.33. The lowest BCUT2D eigenvalue weighted by Crippen LogP contribution is -2.14. The molecule has 0 unspecified atom stereocenters. The summed E-state index contributed by atoms with van der Waals surface area (Å²) in [5.74, 6) is -0.0251. The monoisotopic (exact) mass is 289 g/mol. The highest BCUT2D eigenvalue weighted by Crippen LogP contribution is 2.24. The predicted octanol–water partition coefficient (Wildman–Crippen LogP) is 3.47. The minimum Gasteiger partial charge on any atom is -0.443 e. The topological polar surface area (TPSA) is 78.9 Å². The molecule has 5 nitrogen and oxygen atoms in total.